The van der Waals surface area contributed by atoms with Gasteiger partial charge >= 0.3 is 11.5 Å². The summed E-state index contributed by atoms with van der Waals surface area (Å²) in [5, 5.41) is 1.82. The standard InChI is InChI=1S/C33H19N3O3/c37-32-34-31(36-26-19-23(21-10-5-2-6-11-21)15-17-28(26)39-33(36)35-32)24-12-7-13-29-30(24)25-18-22(14-16-27(25)38-29)20-8-3-1-4-9-20/h1-19H. The van der Waals surface area contributed by atoms with Crippen molar-refractivity contribution < 1.29 is 8.83 Å². The molecule has 8 aromatic rings. The van der Waals surface area contributed by atoms with Crippen LogP contribution >= 0.6 is 0 Å². The normalized spacial score (nSPS) is 11.7. The lowest BCUT2D eigenvalue weighted by atomic mass is 10.0. The van der Waals surface area contributed by atoms with Crippen molar-refractivity contribution >= 4 is 38.9 Å². The lowest BCUT2D eigenvalue weighted by molar-refractivity contribution is 0.630. The maximum Gasteiger partial charge on any atom is 0.373 e. The van der Waals surface area contributed by atoms with Crippen LogP contribution < -0.4 is 5.69 Å². The summed E-state index contributed by atoms with van der Waals surface area (Å²) < 4.78 is 14.1. The monoisotopic (exact) mass is 505 g/mol. The van der Waals surface area contributed by atoms with E-state index in [1.807, 2.05) is 83.3 Å². The van der Waals surface area contributed by atoms with Gasteiger partial charge in [-0.15, -0.1) is 4.98 Å². The van der Waals surface area contributed by atoms with Crippen LogP contribution in [-0.2, 0) is 0 Å². The number of rotatable bonds is 3. The molecule has 39 heavy (non-hydrogen) atoms. The molecule has 0 atom stereocenters. The Balaban J connectivity index is 1.44. The number of fused-ring (bicyclic) bond motifs is 6. The van der Waals surface area contributed by atoms with Gasteiger partial charge in [-0.3, -0.25) is 0 Å². The second-order valence-corrected chi connectivity index (χ2v) is 9.46. The molecule has 0 spiro atoms. The van der Waals surface area contributed by atoms with Crippen LogP contribution in [0.2, 0.25) is 0 Å². The van der Waals surface area contributed by atoms with E-state index in [1.54, 1.807) is 0 Å². The van der Waals surface area contributed by atoms with E-state index >= 15 is 0 Å². The largest absolute Gasteiger partial charge is 0.456 e. The summed E-state index contributed by atoms with van der Waals surface area (Å²) in [6.45, 7) is 0. The number of hydrogen-bond acceptors (Lipinski definition) is 5. The summed E-state index contributed by atoms with van der Waals surface area (Å²) in [6, 6.07) is 38.3. The van der Waals surface area contributed by atoms with Gasteiger partial charge in [0.1, 0.15) is 11.2 Å². The van der Waals surface area contributed by atoms with Gasteiger partial charge in [0.2, 0.25) is 0 Å². The molecule has 8 rings (SSSR count). The second-order valence-electron chi connectivity index (χ2n) is 9.46. The number of furan rings is 1. The molecule has 0 N–H and O–H groups in total. The van der Waals surface area contributed by atoms with Gasteiger partial charge in [0, 0.05) is 16.3 Å². The first-order valence-electron chi connectivity index (χ1n) is 12.6. The van der Waals surface area contributed by atoms with Crippen molar-refractivity contribution in [2.24, 2.45) is 0 Å². The Hall–Kier alpha value is -5.49. The van der Waals surface area contributed by atoms with E-state index in [1.165, 1.54) is 0 Å². The number of oxazole rings is 1. The highest BCUT2D eigenvalue weighted by atomic mass is 16.4. The van der Waals surface area contributed by atoms with E-state index in [2.05, 4.69) is 46.4 Å². The first kappa shape index (κ1) is 21.6. The predicted octanol–water partition coefficient (Wildman–Crippen LogP) is 7.74. The van der Waals surface area contributed by atoms with Gasteiger partial charge in [0.15, 0.2) is 11.4 Å². The van der Waals surface area contributed by atoms with Gasteiger partial charge in [0.25, 0.3) is 0 Å². The zero-order valence-electron chi connectivity index (χ0n) is 20.5. The number of nitrogens with zero attached hydrogens (tertiary/aromatic N) is 3. The third-order valence-corrected chi connectivity index (χ3v) is 7.15. The van der Waals surface area contributed by atoms with Crippen molar-refractivity contribution in [3.63, 3.8) is 0 Å². The molecule has 0 bridgehead atoms. The Kier molecular flexibility index (Phi) is 4.57. The summed E-state index contributed by atoms with van der Waals surface area (Å²) >= 11 is 0. The van der Waals surface area contributed by atoms with E-state index in [4.69, 9.17) is 8.83 Å². The molecule has 0 aliphatic carbocycles. The summed E-state index contributed by atoms with van der Waals surface area (Å²) in [6.07, 6.45) is 0. The highest BCUT2D eigenvalue weighted by Gasteiger charge is 2.20. The molecular weight excluding hydrogens is 486 g/mol. The number of aromatic nitrogens is 3. The molecule has 0 saturated heterocycles. The van der Waals surface area contributed by atoms with Crippen LogP contribution in [0.15, 0.2) is 129 Å². The van der Waals surface area contributed by atoms with Crippen molar-refractivity contribution in [3.8, 4) is 33.6 Å². The zero-order chi connectivity index (χ0) is 25.9. The first-order chi connectivity index (χ1) is 19.2. The maximum atomic E-state index is 12.7. The van der Waals surface area contributed by atoms with E-state index in [9.17, 15) is 4.79 Å². The fraction of sp³-hybridized carbons (Fsp3) is 0. The first-order valence-corrected chi connectivity index (χ1v) is 12.6. The topological polar surface area (TPSA) is 73.5 Å². The van der Waals surface area contributed by atoms with Crippen molar-refractivity contribution in [2.75, 3.05) is 0 Å². The van der Waals surface area contributed by atoms with Crippen molar-refractivity contribution in [1.29, 1.82) is 0 Å². The smallest absolute Gasteiger partial charge is 0.373 e. The molecule has 6 heteroatoms. The van der Waals surface area contributed by atoms with Gasteiger partial charge in [0.05, 0.1) is 5.52 Å². The molecule has 0 fully saturated rings. The SMILES string of the molecule is O=c1nc(-c2cccc3oc4ccc(-c5ccccc5)cc4c23)n2c(n1)oc1ccc(-c3ccccc3)cc12. The summed E-state index contributed by atoms with van der Waals surface area (Å²) in [5.41, 5.74) is 7.31. The highest BCUT2D eigenvalue weighted by molar-refractivity contribution is 6.13. The summed E-state index contributed by atoms with van der Waals surface area (Å²) in [5.74, 6) is 0.646. The molecule has 3 heterocycles. The predicted molar refractivity (Wildman–Crippen MR) is 153 cm³/mol. The van der Waals surface area contributed by atoms with Gasteiger partial charge < -0.3 is 8.83 Å². The van der Waals surface area contributed by atoms with Gasteiger partial charge in [-0.05, 0) is 52.6 Å². The molecule has 0 aliphatic heterocycles. The second kappa shape index (κ2) is 8.26. The van der Waals surface area contributed by atoms with Crippen molar-refractivity contribution in [1.82, 2.24) is 14.4 Å². The highest BCUT2D eigenvalue weighted by Crippen LogP contribution is 2.38. The van der Waals surface area contributed by atoms with Crippen LogP contribution in [-0.4, -0.2) is 14.4 Å². The average molecular weight is 506 g/mol. The minimum atomic E-state index is -0.609. The molecule has 0 amide bonds. The van der Waals surface area contributed by atoms with Crippen LogP contribution in [0.4, 0.5) is 0 Å². The van der Waals surface area contributed by atoms with E-state index in [0.29, 0.717) is 17.0 Å². The minimum absolute atomic E-state index is 0.194. The molecule has 6 nitrogen and oxygen atoms in total. The molecule has 0 radical (unpaired) electrons. The maximum absolute atomic E-state index is 12.7. The Bertz CT molecular complexity index is 2240. The third kappa shape index (κ3) is 3.39. The fourth-order valence-electron chi connectivity index (χ4n) is 5.36. The number of benzene rings is 5. The van der Waals surface area contributed by atoms with Gasteiger partial charge in [-0.2, -0.15) is 4.98 Å². The van der Waals surface area contributed by atoms with Crippen LogP contribution in [0.25, 0.3) is 72.5 Å². The number of hydrogen-bond donors (Lipinski definition) is 0. The molecule has 5 aromatic carbocycles. The van der Waals surface area contributed by atoms with Crippen LogP contribution in [0.5, 0.6) is 0 Å². The molecule has 0 unspecified atom stereocenters. The van der Waals surface area contributed by atoms with Crippen LogP contribution in [0.1, 0.15) is 0 Å². The molecular formula is C33H19N3O3. The zero-order valence-corrected chi connectivity index (χ0v) is 20.5. The Labute approximate surface area is 221 Å². The fourth-order valence-corrected chi connectivity index (χ4v) is 5.36. The lowest BCUT2D eigenvalue weighted by Gasteiger charge is -2.07. The van der Waals surface area contributed by atoms with Crippen molar-refractivity contribution in [2.45, 2.75) is 0 Å². The Morgan fingerprint density at radius 2 is 1.26 bits per heavy atom. The van der Waals surface area contributed by atoms with E-state index in [0.717, 1.165) is 49.7 Å². The van der Waals surface area contributed by atoms with Gasteiger partial charge in [-0.1, -0.05) is 84.9 Å². The Morgan fingerprint density at radius 1 is 0.564 bits per heavy atom. The Morgan fingerprint density at radius 3 is 2.00 bits per heavy atom. The molecule has 184 valence electrons. The van der Waals surface area contributed by atoms with Crippen molar-refractivity contribution in [3.05, 3.63) is 126 Å². The van der Waals surface area contributed by atoms with Crippen LogP contribution in [0, 0.1) is 0 Å². The molecule has 3 aromatic heterocycles. The quantitative estimate of drug-likeness (QED) is 0.246. The summed E-state index contributed by atoms with van der Waals surface area (Å²) in [7, 11) is 0. The van der Waals surface area contributed by atoms with Crippen LogP contribution in [0.3, 0.4) is 0 Å². The minimum Gasteiger partial charge on any atom is -0.456 e. The lowest BCUT2D eigenvalue weighted by Crippen LogP contribution is -2.14. The van der Waals surface area contributed by atoms with Gasteiger partial charge in [-0.25, -0.2) is 9.20 Å². The summed E-state index contributed by atoms with van der Waals surface area (Å²) in [4.78, 5) is 21.2. The third-order valence-electron chi connectivity index (χ3n) is 7.15. The van der Waals surface area contributed by atoms with E-state index < -0.39 is 5.69 Å². The average Bonchev–Trinajstić information content (AvgIpc) is 3.54. The molecule has 0 aliphatic rings. The van der Waals surface area contributed by atoms with E-state index in [-0.39, 0.29) is 5.84 Å². The molecule has 0 saturated carbocycles.